The highest BCUT2D eigenvalue weighted by molar-refractivity contribution is 5.73. The summed E-state index contributed by atoms with van der Waals surface area (Å²) in [4.78, 5) is 16.0. The number of carbonyl (C=O) groups excluding carboxylic acids is 1. The highest BCUT2D eigenvalue weighted by Gasteiger charge is 2.24. The lowest BCUT2D eigenvalue weighted by Gasteiger charge is -2.18. The molecule has 0 saturated heterocycles. The van der Waals surface area contributed by atoms with Crippen LogP contribution in [0.2, 0.25) is 0 Å². The highest BCUT2D eigenvalue weighted by atomic mass is 16.5. The van der Waals surface area contributed by atoms with Gasteiger partial charge in [-0.3, -0.25) is 9.78 Å². The number of aromatic nitrogens is 1. The van der Waals surface area contributed by atoms with E-state index < -0.39 is 0 Å². The summed E-state index contributed by atoms with van der Waals surface area (Å²) >= 11 is 0. The van der Waals surface area contributed by atoms with Crippen LogP contribution in [0, 0.1) is 11.8 Å². The molecule has 3 heteroatoms. The van der Waals surface area contributed by atoms with Crippen molar-refractivity contribution in [1.82, 2.24) is 4.98 Å². The van der Waals surface area contributed by atoms with E-state index in [1.165, 1.54) is 0 Å². The normalized spacial score (nSPS) is 12.5. The first-order chi connectivity index (χ1) is 7.65. The Kier molecular flexibility index (Phi) is 4.96. The van der Waals surface area contributed by atoms with Gasteiger partial charge in [-0.05, 0) is 25.0 Å². The van der Waals surface area contributed by atoms with Gasteiger partial charge in [0.25, 0.3) is 0 Å². The second-order valence-corrected chi connectivity index (χ2v) is 4.13. The SMILES string of the molecule is CCOC(=O)C(Cc1ccccn1)C(C)C. The van der Waals surface area contributed by atoms with E-state index in [9.17, 15) is 4.79 Å². The molecule has 3 nitrogen and oxygen atoms in total. The van der Waals surface area contributed by atoms with Crippen LogP contribution in [0.25, 0.3) is 0 Å². The summed E-state index contributed by atoms with van der Waals surface area (Å²) in [5, 5.41) is 0. The van der Waals surface area contributed by atoms with Gasteiger partial charge >= 0.3 is 5.97 Å². The molecule has 16 heavy (non-hydrogen) atoms. The van der Waals surface area contributed by atoms with Crippen LogP contribution < -0.4 is 0 Å². The molecule has 0 aliphatic carbocycles. The first kappa shape index (κ1) is 12.7. The molecule has 0 spiro atoms. The molecular formula is C13H19NO2. The second kappa shape index (κ2) is 6.26. The lowest BCUT2D eigenvalue weighted by atomic mass is 9.91. The lowest BCUT2D eigenvalue weighted by Crippen LogP contribution is -2.25. The van der Waals surface area contributed by atoms with Crippen molar-refractivity contribution in [2.24, 2.45) is 11.8 Å². The summed E-state index contributed by atoms with van der Waals surface area (Å²) in [6.45, 7) is 6.33. The van der Waals surface area contributed by atoms with Gasteiger partial charge in [0, 0.05) is 18.3 Å². The molecule has 0 aliphatic rings. The van der Waals surface area contributed by atoms with E-state index in [0.29, 0.717) is 13.0 Å². The summed E-state index contributed by atoms with van der Waals surface area (Å²) in [6.07, 6.45) is 2.40. The van der Waals surface area contributed by atoms with Gasteiger partial charge in [0.2, 0.25) is 0 Å². The van der Waals surface area contributed by atoms with E-state index in [0.717, 1.165) is 5.69 Å². The Hall–Kier alpha value is -1.38. The molecule has 1 unspecified atom stereocenters. The number of esters is 1. The van der Waals surface area contributed by atoms with Crippen molar-refractivity contribution in [2.45, 2.75) is 27.2 Å². The quantitative estimate of drug-likeness (QED) is 0.717. The molecule has 1 heterocycles. The third kappa shape index (κ3) is 3.65. The Morgan fingerprint density at radius 2 is 2.19 bits per heavy atom. The van der Waals surface area contributed by atoms with Gasteiger partial charge in [0.15, 0.2) is 0 Å². The zero-order valence-electron chi connectivity index (χ0n) is 10.1. The highest BCUT2D eigenvalue weighted by Crippen LogP contribution is 2.17. The summed E-state index contributed by atoms with van der Waals surface area (Å²) in [5.74, 6) is 0.0408. The first-order valence-corrected chi connectivity index (χ1v) is 5.71. The van der Waals surface area contributed by atoms with Crippen molar-refractivity contribution in [1.29, 1.82) is 0 Å². The van der Waals surface area contributed by atoms with Crippen molar-refractivity contribution in [3.8, 4) is 0 Å². The standard InChI is InChI=1S/C13H19NO2/c1-4-16-13(15)12(10(2)3)9-11-7-5-6-8-14-11/h5-8,10,12H,4,9H2,1-3H3. The van der Waals surface area contributed by atoms with Gasteiger partial charge < -0.3 is 4.74 Å². The maximum atomic E-state index is 11.7. The van der Waals surface area contributed by atoms with Gasteiger partial charge in [0.1, 0.15) is 0 Å². The van der Waals surface area contributed by atoms with Gasteiger partial charge in [-0.15, -0.1) is 0 Å². The molecule has 1 rings (SSSR count). The summed E-state index contributed by atoms with van der Waals surface area (Å²) in [6, 6.07) is 5.75. The van der Waals surface area contributed by atoms with Crippen molar-refractivity contribution in [2.75, 3.05) is 6.61 Å². The molecule has 0 radical (unpaired) electrons. The van der Waals surface area contributed by atoms with Gasteiger partial charge in [0.05, 0.1) is 12.5 Å². The number of carbonyl (C=O) groups is 1. The van der Waals surface area contributed by atoms with Crippen LogP contribution in [0.15, 0.2) is 24.4 Å². The molecule has 0 bridgehead atoms. The fourth-order valence-electron chi connectivity index (χ4n) is 1.58. The van der Waals surface area contributed by atoms with Crippen LogP contribution in [0.5, 0.6) is 0 Å². The smallest absolute Gasteiger partial charge is 0.309 e. The average Bonchev–Trinajstić information content (AvgIpc) is 2.27. The molecule has 1 aromatic rings. The van der Waals surface area contributed by atoms with E-state index in [1.807, 2.05) is 39.0 Å². The number of ether oxygens (including phenoxy) is 1. The van der Waals surface area contributed by atoms with E-state index >= 15 is 0 Å². The van der Waals surface area contributed by atoms with Crippen LogP contribution in [-0.2, 0) is 16.0 Å². The predicted molar refractivity (Wildman–Crippen MR) is 62.9 cm³/mol. The maximum absolute atomic E-state index is 11.7. The molecule has 0 N–H and O–H groups in total. The second-order valence-electron chi connectivity index (χ2n) is 4.13. The monoisotopic (exact) mass is 221 g/mol. The molecule has 1 aromatic heterocycles. The Morgan fingerprint density at radius 3 is 2.69 bits per heavy atom. The van der Waals surface area contributed by atoms with Crippen molar-refractivity contribution >= 4 is 5.97 Å². The number of hydrogen-bond acceptors (Lipinski definition) is 3. The minimum absolute atomic E-state index is 0.102. The minimum atomic E-state index is -0.122. The van der Waals surface area contributed by atoms with Crippen LogP contribution >= 0.6 is 0 Å². The van der Waals surface area contributed by atoms with Crippen molar-refractivity contribution < 1.29 is 9.53 Å². The van der Waals surface area contributed by atoms with Crippen molar-refractivity contribution in [3.63, 3.8) is 0 Å². The molecule has 88 valence electrons. The lowest BCUT2D eigenvalue weighted by molar-refractivity contribution is -0.149. The fraction of sp³-hybridized carbons (Fsp3) is 0.538. The topological polar surface area (TPSA) is 39.2 Å². The Balaban J connectivity index is 2.69. The number of pyridine rings is 1. The van der Waals surface area contributed by atoms with Crippen molar-refractivity contribution in [3.05, 3.63) is 30.1 Å². The zero-order chi connectivity index (χ0) is 12.0. The Morgan fingerprint density at radius 1 is 1.44 bits per heavy atom. The van der Waals surface area contributed by atoms with E-state index in [2.05, 4.69) is 4.98 Å². The minimum Gasteiger partial charge on any atom is -0.466 e. The van der Waals surface area contributed by atoms with Crippen LogP contribution in [-0.4, -0.2) is 17.6 Å². The molecular weight excluding hydrogens is 202 g/mol. The molecule has 0 saturated carbocycles. The van der Waals surface area contributed by atoms with Gasteiger partial charge in [-0.1, -0.05) is 19.9 Å². The Bertz CT molecular complexity index is 322. The molecule has 0 amide bonds. The van der Waals surface area contributed by atoms with Crippen LogP contribution in [0.4, 0.5) is 0 Å². The van der Waals surface area contributed by atoms with E-state index in [4.69, 9.17) is 4.74 Å². The maximum Gasteiger partial charge on any atom is 0.309 e. The third-order valence-corrected chi connectivity index (χ3v) is 2.55. The zero-order valence-corrected chi connectivity index (χ0v) is 10.1. The first-order valence-electron chi connectivity index (χ1n) is 5.71. The molecule has 1 atom stereocenters. The summed E-state index contributed by atoms with van der Waals surface area (Å²) in [7, 11) is 0. The van der Waals surface area contributed by atoms with Crippen LogP contribution in [0.3, 0.4) is 0 Å². The van der Waals surface area contributed by atoms with E-state index in [-0.39, 0.29) is 17.8 Å². The Labute approximate surface area is 96.8 Å². The fourth-order valence-corrected chi connectivity index (χ4v) is 1.58. The van der Waals surface area contributed by atoms with Gasteiger partial charge in [-0.25, -0.2) is 0 Å². The molecule has 0 aliphatic heterocycles. The summed E-state index contributed by atoms with van der Waals surface area (Å²) < 4.78 is 5.07. The number of rotatable bonds is 5. The average molecular weight is 221 g/mol. The largest absolute Gasteiger partial charge is 0.466 e. The van der Waals surface area contributed by atoms with Gasteiger partial charge in [-0.2, -0.15) is 0 Å². The van der Waals surface area contributed by atoms with E-state index in [1.54, 1.807) is 6.20 Å². The molecule has 0 aromatic carbocycles. The predicted octanol–water partition coefficient (Wildman–Crippen LogP) is 2.46. The van der Waals surface area contributed by atoms with Crippen LogP contribution in [0.1, 0.15) is 26.5 Å². The summed E-state index contributed by atoms with van der Waals surface area (Å²) in [5.41, 5.74) is 0.939. The molecule has 0 fully saturated rings. The number of nitrogens with zero attached hydrogens (tertiary/aromatic N) is 1. The number of hydrogen-bond donors (Lipinski definition) is 0. The third-order valence-electron chi connectivity index (χ3n) is 2.55.